The molecular weight excluding hydrogens is 238 g/mol. The maximum Gasteiger partial charge on any atom is 0.0210 e. The van der Waals surface area contributed by atoms with Gasteiger partial charge >= 0.3 is 0 Å². The Hall–Kier alpha value is -0.470. The van der Waals surface area contributed by atoms with Crippen LogP contribution in [0.15, 0.2) is 29.2 Å². The molecule has 1 atom stereocenters. The quantitative estimate of drug-likeness (QED) is 0.760. The predicted octanol–water partition coefficient (Wildman–Crippen LogP) is 4.50. The lowest BCUT2D eigenvalue weighted by atomic mass is 9.88. The third-order valence-corrected chi connectivity index (χ3v) is 4.45. The average molecular weight is 265 g/mol. The zero-order valence-electron chi connectivity index (χ0n) is 12.4. The molecule has 0 aliphatic carbocycles. The molecule has 0 amide bonds. The number of rotatable bonds is 6. The van der Waals surface area contributed by atoms with Gasteiger partial charge in [0.15, 0.2) is 0 Å². The van der Waals surface area contributed by atoms with Crippen molar-refractivity contribution < 1.29 is 0 Å². The Bertz CT molecular complexity index is 354. The predicted molar refractivity (Wildman–Crippen MR) is 83.4 cm³/mol. The van der Waals surface area contributed by atoms with Gasteiger partial charge in [-0.1, -0.05) is 45.9 Å². The third-order valence-electron chi connectivity index (χ3n) is 3.19. The fourth-order valence-electron chi connectivity index (χ4n) is 1.83. The van der Waals surface area contributed by atoms with Crippen LogP contribution in [-0.2, 0) is 0 Å². The first-order valence-electron chi connectivity index (χ1n) is 6.87. The maximum atomic E-state index is 3.68. The van der Waals surface area contributed by atoms with Crippen LogP contribution in [0, 0.1) is 12.3 Å². The lowest BCUT2D eigenvalue weighted by molar-refractivity contribution is 0.292. The van der Waals surface area contributed by atoms with Gasteiger partial charge in [0.2, 0.25) is 0 Å². The lowest BCUT2D eigenvalue weighted by Gasteiger charge is -2.31. The summed E-state index contributed by atoms with van der Waals surface area (Å²) in [7, 11) is 0. The van der Waals surface area contributed by atoms with Crippen molar-refractivity contribution in [3.05, 3.63) is 29.8 Å². The topological polar surface area (TPSA) is 12.0 Å². The van der Waals surface area contributed by atoms with Crippen LogP contribution in [0.2, 0.25) is 0 Å². The molecule has 2 heteroatoms. The summed E-state index contributed by atoms with van der Waals surface area (Å²) in [5, 5.41) is 3.68. The summed E-state index contributed by atoms with van der Waals surface area (Å²) < 4.78 is 0. The van der Waals surface area contributed by atoms with Gasteiger partial charge in [-0.15, -0.1) is 11.8 Å². The Kier molecular flexibility index (Phi) is 6.24. The molecule has 0 aliphatic rings. The lowest BCUT2D eigenvalue weighted by Crippen LogP contribution is -2.42. The molecule has 0 heterocycles. The van der Waals surface area contributed by atoms with Gasteiger partial charge in [0.05, 0.1) is 0 Å². The van der Waals surface area contributed by atoms with Crippen molar-refractivity contribution in [3.8, 4) is 0 Å². The van der Waals surface area contributed by atoms with Gasteiger partial charge in [-0.25, -0.2) is 0 Å². The summed E-state index contributed by atoms with van der Waals surface area (Å²) in [6.07, 6.45) is 1.20. The minimum Gasteiger partial charge on any atom is -0.313 e. The van der Waals surface area contributed by atoms with Crippen molar-refractivity contribution in [3.63, 3.8) is 0 Å². The molecular formula is C16H27NS. The molecule has 0 bridgehead atoms. The second-order valence-electron chi connectivity index (χ2n) is 5.95. The van der Waals surface area contributed by atoms with E-state index in [4.69, 9.17) is 0 Å². The summed E-state index contributed by atoms with van der Waals surface area (Å²) in [5.41, 5.74) is 1.69. The van der Waals surface area contributed by atoms with E-state index < -0.39 is 0 Å². The second kappa shape index (κ2) is 7.20. The first kappa shape index (κ1) is 15.6. The molecule has 1 N–H and O–H groups in total. The molecule has 0 spiro atoms. The largest absolute Gasteiger partial charge is 0.313 e. The monoisotopic (exact) mass is 265 g/mol. The van der Waals surface area contributed by atoms with E-state index in [1.54, 1.807) is 0 Å². The van der Waals surface area contributed by atoms with Crippen molar-refractivity contribution in [2.45, 2.75) is 52.0 Å². The molecule has 18 heavy (non-hydrogen) atoms. The van der Waals surface area contributed by atoms with E-state index >= 15 is 0 Å². The Morgan fingerprint density at radius 3 is 2.44 bits per heavy atom. The van der Waals surface area contributed by atoms with Crippen LogP contribution in [-0.4, -0.2) is 18.3 Å². The van der Waals surface area contributed by atoms with Crippen LogP contribution in [0.1, 0.15) is 39.7 Å². The highest BCUT2D eigenvalue weighted by molar-refractivity contribution is 7.99. The Labute approximate surface area is 117 Å². The Balaban J connectivity index is 2.59. The van der Waals surface area contributed by atoms with Gasteiger partial charge in [-0.05, 0) is 36.9 Å². The Morgan fingerprint density at radius 2 is 1.89 bits per heavy atom. The van der Waals surface area contributed by atoms with Gasteiger partial charge < -0.3 is 5.32 Å². The molecule has 0 fully saturated rings. The number of benzene rings is 1. The molecule has 1 nitrogen and oxygen atoms in total. The van der Waals surface area contributed by atoms with Gasteiger partial charge in [0.1, 0.15) is 0 Å². The Morgan fingerprint density at radius 1 is 1.22 bits per heavy atom. The molecule has 0 saturated carbocycles. The number of hydrogen-bond donors (Lipinski definition) is 1. The van der Waals surface area contributed by atoms with E-state index in [1.807, 2.05) is 11.8 Å². The first-order valence-corrected chi connectivity index (χ1v) is 7.85. The summed E-state index contributed by atoms with van der Waals surface area (Å²) in [6.45, 7) is 12.5. The molecule has 1 unspecified atom stereocenters. The smallest absolute Gasteiger partial charge is 0.0210 e. The van der Waals surface area contributed by atoms with Crippen molar-refractivity contribution >= 4 is 11.8 Å². The van der Waals surface area contributed by atoms with Crippen molar-refractivity contribution in [1.82, 2.24) is 5.32 Å². The van der Waals surface area contributed by atoms with E-state index in [0.717, 1.165) is 12.3 Å². The van der Waals surface area contributed by atoms with Crippen LogP contribution in [0.4, 0.5) is 0 Å². The molecule has 0 radical (unpaired) electrons. The van der Waals surface area contributed by atoms with Gasteiger partial charge in [-0.3, -0.25) is 0 Å². The van der Waals surface area contributed by atoms with Crippen LogP contribution < -0.4 is 5.32 Å². The fourth-order valence-corrected chi connectivity index (χ4v) is 3.26. The number of thioether (sulfide) groups is 1. The fraction of sp³-hybridized carbons (Fsp3) is 0.625. The van der Waals surface area contributed by atoms with Gasteiger partial charge in [0.25, 0.3) is 0 Å². The molecule has 0 aliphatic heterocycles. The van der Waals surface area contributed by atoms with E-state index in [1.165, 1.54) is 16.9 Å². The zero-order valence-corrected chi connectivity index (χ0v) is 13.2. The number of nitrogens with one attached hydrogen (secondary N) is 1. The second-order valence-corrected chi connectivity index (χ2v) is 7.01. The summed E-state index contributed by atoms with van der Waals surface area (Å²) >= 11 is 1.97. The molecule has 1 aromatic rings. The third kappa shape index (κ3) is 5.03. The van der Waals surface area contributed by atoms with Gasteiger partial charge in [-0.2, -0.15) is 0 Å². The van der Waals surface area contributed by atoms with Crippen LogP contribution in [0.5, 0.6) is 0 Å². The highest BCUT2D eigenvalue weighted by atomic mass is 32.2. The molecule has 1 rings (SSSR count). The zero-order chi connectivity index (χ0) is 13.6. The normalized spacial score (nSPS) is 13.6. The average Bonchev–Trinajstić information content (AvgIpc) is 2.29. The van der Waals surface area contributed by atoms with Crippen molar-refractivity contribution in [2.75, 3.05) is 12.3 Å². The van der Waals surface area contributed by atoms with Crippen LogP contribution >= 0.6 is 11.8 Å². The van der Waals surface area contributed by atoms with Gasteiger partial charge in [0, 0.05) is 16.7 Å². The van der Waals surface area contributed by atoms with Crippen molar-refractivity contribution in [2.24, 2.45) is 5.41 Å². The minimum atomic E-state index is 0.310. The molecule has 1 aromatic carbocycles. The first-order chi connectivity index (χ1) is 8.45. The highest BCUT2D eigenvalue weighted by Gasteiger charge is 2.23. The number of aryl methyl sites for hydroxylation is 1. The van der Waals surface area contributed by atoms with E-state index in [2.05, 4.69) is 64.2 Å². The molecule has 102 valence electrons. The molecule has 0 aromatic heterocycles. The van der Waals surface area contributed by atoms with E-state index in [0.29, 0.717) is 11.5 Å². The highest BCUT2D eigenvalue weighted by Crippen LogP contribution is 2.28. The SMILES string of the molecule is CCCNC(CSc1ccccc1C)C(C)(C)C. The molecule has 0 saturated heterocycles. The maximum absolute atomic E-state index is 3.68. The van der Waals surface area contributed by atoms with E-state index in [-0.39, 0.29) is 0 Å². The van der Waals surface area contributed by atoms with Crippen LogP contribution in [0.25, 0.3) is 0 Å². The summed E-state index contributed by atoms with van der Waals surface area (Å²) in [4.78, 5) is 1.41. The van der Waals surface area contributed by atoms with Crippen molar-refractivity contribution in [1.29, 1.82) is 0 Å². The summed E-state index contributed by atoms with van der Waals surface area (Å²) in [5.74, 6) is 1.13. The van der Waals surface area contributed by atoms with E-state index in [9.17, 15) is 0 Å². The van der Waals surface area contributed by atoms with Crippen LogP contribution in [0.3, 0.4) is 0 Å². The number of hydrogen-bond acceptors (Lipinski definition) is 2. The summed E-state index contributed by atoms with van der Waals surface area (Å²) in [6, 6.07) is 9.20. The standard InChI is InChI=1S/C16H27NS/c1-6-11-17-15(16(3,4)5)12-18-14-10-8-7-9-13(14)2/h7-10,15,17H,6,11-12H2,1-5H3. The minimum absolute atomic E-state index is 0.310.